The first-order valence-electron chi connectivity index (χ1n) is 8.97. The van der Waals surface area contributed by atoms with Crippen LogP contribution in [0.15, 0.2) is 30.3 Å². The van der Waals surface area contributed by atoms with E-state index in [0.717, 1.165) is 23.9 Å². The molecule has 1 fully saturated rings. The van der Waals surface area contributed by atoms with Gasteiger partial charge in [0.05, 0.1) is 11.9 Å². The Bertz CT molecular complexity index is 953. The molecule has 2 amide bonds. The Kier molecular flexibility index (Phi) is 4.36. The predicted octanol–water partition coefficient (Wildman–Crippen LogP) is 2.48. The molecule has 0 spiro atoms. The van der Waals surface area contributed by atoms with E-state index in [-0.39, 0.29) is 12.1 Å². The summed E-state index contributed by atoms with van der Waals surface area (Å²) in [5, 5.41) is 5.42. The zero-order chi connectivity index (χ0) is 18.3. The summed E-state index contributed by atoms with van der Waals surface area (Å²) in [7, 11) is -3.21. The lowest BCUT2D eigenvalue weighted by Crippen LogP contribution is -2.47. The predicted molar refractivity (Wildman–Crippen MR) is 103 cm³/mol. The molecule has 7 heteroatoms. The Morgan fingerprint density at radius 1 is 1.08 bits per heavy atom. The van der Waals surface area contributed by atoms with E-state index in [1.165, 1.54) is 22.8 Å². The number of amides is 2. The van der Waals surface area contributed by atoms with Crippen molar-refractivity contribution >= 4 is 32.5 Å². The molecule has 2 aromatic carbocycles. The number of urea groups is 1. The molecule has 26 heavy (non-hydrogen) atoms. The summed E-state index contributed by atoms with van der Waals surface area (Å²) in [4.78, 5) is 14.4. The number of hydrogen-bond acceptors (Lipinski definition) is 3. The molecule has 0 bridgehead atoms. The van der Waals surface area contributed by atoms with Crippen LogP contribution in [0.4, 0.5) is 10.5 Å². The smallest absolute Gasteiger partial charge is 0.321 e. The van der Waals surface area contributed by atoms with Crippen LogP contribution in [0.1, 0.15) is 24.0 Å². The third-order valence-electron chi connectivity index (χ3n) is 5.28. The number of anilines is 1. The van der Waals surface area contributed by atoms with Crippen LogP contribution in [0.25, 0.3) is 10.8 Å². The minimum Gasteiger partial charge on any atom is -0.324 e. The lowest BCUT2D eigenvalue weighted by atomic mass is 10.0. The van der Waals surface area contributed by atoms with Gasteiger partial charge in [-0.3, -0.25) is 0 Å². The van der Waals surface area contributed by atoms with Crippen LogP contribution in [0.2, 0.25) is 0 Å². The third-order valence-corrected chi connectivity index (χ3v) is 6.04. The molecule has 0 radical (unpaired) electrons. The highest BCUT2D eigenvalue weighted by molar-refractivity contribution is 7.88. The fourth-order valence-corrected chi connectivity index (χ4v) is 4.89. The number of nitrogens with one attached hydrogen (secondary N) is 2. The van der Waals surface area contributed by atoms with Gasteiger partial charge in [-0.25, -0.2) is 17.9 Å². The molecule has 4 rings (SSSR count). The van der Waals surface area contributed by atoms with E-state index in [2.05, 4.69) is 28.2 Å². The summed E-state index contributed by atoms with van der Waals surface area (Å²) in [5.41, 5.74) is 3.54. The summed E-state index contributed by atoms with van der Waals surface area (Å²) in [6.07, 6.45) is 4.55. The van der Waals surface area contributed by atoms with Gasteiger partial charge in [-0.1, -0.05) is 24.3 Å². The van der Waals surface area contributed by atoms with Crippen molar-refractivity contribution in [2.45, 2.75) is 31.7 Å². The molecule has 2 N–H and O–H groups in total. The number of carbonyl (C=O) groups excluding carboxylic acids is 1. The lowest BCUT2D eigenvalue weighted by Gasteiger charge is -2.32. The molecule has 0 atom stereocenters. The number of hydrogen-bond donors (Lipinski definition) is 2. The molecule has 1 aliphatic heterocycles. The normalized spacial score (nSPS) is 17.7. The van der Waals surface area contributed by atoms with Gasteiger partial charge in [-0.2, -0.15) is 0 Å². The average Bonchev–Trinajstić information content (AvgIpc) is 3.01. The Hall–Kier alpha value is -2.12. The van der Waals surface area contributed by atoms with E-state index in [0.29, 0.717) is 25.9 Å². The molecule has 1 heterocycles. The van der Waals surface area contributed by atoms with Gasteiger partial charge in [0.2, 0.25) is 10.0 Å². The molecule has 6 nitrogen and oxygen atoms in total. The Balaban J connectivity index is 1.46. The quantitative estimate of drug-likeness (QED) is 0.868. The van der Waals surface area contributed by atoms with E-state index >= 15 is 0 Å². The molecule has 2 aromatic rings. The number of nitrogens with zero attached hydrogens (tertiary/aromatic N) is 1. The highest BCUT2D eigenvalue weighted by atomic mass is 32.2. The number of sulfonamides is 1. The second-order valence-electron chi connectivity index (χ2n) is 7.19. The average molecular weight is 373 g/mol. The van der Waals surface area contributed by atoms with Crippen LogP contribution in [0.5, 0.6) is 0 Å². The van der Waals surface area contributed by atoms with E-state index in [1.54, 1.807) is 4.90 Å². The highest BCUT2D eigenvalue weighted by Gasteiger charge is 2.25. The Morgan fingerprint density at radius 2 is 1.77 bits per heavy atom. The largest absolute Gasteiger partial charge is 0.324 e. The van der Waals surface area contributed by atoms with Crippen LogP contribution in [0, 0.1) is 0 Å². The summed E-state index contributed by atoms with van der Waals surface area (Å²) < 4.78 is 25.3. The molecular weight excluding hydrogens is 350 g/mol. The van der Waals surface area contributed by atoms with Crippen molar-refractivity contribution in [2.75, 3.05) is 24.7 Å². The van der Waals surface area contributed by atoms with Crippen molar-refractivity contribution in [3.05, 3.63) is 41.5 Å². The van der Waals surface area contributed by atoms with Crippen molar-refractivity contribution in [3.63, 3.8) is 0 Å². The number of carbonyl (C=O) groups is 1. The second-order valence-corrected chi connectivity index (χ2v) is 8.97. The van der Waals surface area contributed by atoms with Crippen LogP contribution in [-0.4, -0.2) is 44.7 Å². The maximum absolute atomic E-state index is 12.7. The topological polar surface area (TPSA) is 78.5 Å². The standard InChI is InChI=1S/C19H23N3O3S/c1-26(24,25)21-15-9-11-22(12-10-15)19(23)20-17-8-7-14-6-5-13-3-2-4-16(17)18(13)14/h2-4,7-8,15,21H,5-6,9-12H2,1H3,(H,20,23). The van der Waals surface area contributed by atoms with Crippen molar-refractivity contribution in [1.29, 1.82) is 0 Å². The van der Waals surface area contributed by atoms with Crippen molar-refractivity contribution in [2.24, 2.45) is 0 Å². The van der Waals surface area contributed by atoms with Crippen molar-refractivity contribution in [3.8, 4) is 0 Å². The highest BCUT2D eigenvalue weighted by Crippen LogP contribution is 2.35. The van der Waals surface area contributed by atoms with Crippen LogP contribution in [0.3, 0.4) is 0 Å². The first-order valence-corrected chi connectivity index (χ1v) is 10.9. The zero-order valence-electron chi connectivity index (χ0n) is 14.8. The molecule has 1 aliphatic carbocycles. The molecule has 0 saturated carbocycles. The summed E-state index contributed by atoms with van der Waals surface area (Å²) in [6.45, 7) is 1.08. The van der Waals surface area contributed by atoms with Crippen LogP contribution in [-0.2, 0) is 22.9 Å². The number of likely N-dealkylation sites (tertiary alicyclic amines) is 1. The van der Waals surface area contributed by atoms with Crippen molar-refractivity contribution < 1.29 is 13.2 Å². The van der Waals surface area contributed by atoms with Gasteiger partial charge in [0.25, 0.3) is 0 Å². The zero-order valence-corrected chi connectivity index (χ0v) is 15.6. The van der Waals surface area contributed by atoms with E-state index in [4.69, 9.17) is 0 Å². The van der Waals surface area contributed by atoms with Gasteiger partial charge in [-0.05, 0) is 48.3 Å². The fourth-order valence-electron chi connectivity index (χ4n) is 4.05. The molecule has 0 aromatic heterocycles. The first kappa shape index (κ1) is 17.3. The molecule has 2 aliphatic rings. The van der Waals surface area contributed by atoms with Gasteiger partial charge in [0.15, 0.2) is 0 Å². The van der Waals surface area contributed by atoms with Gasteiger partial charge in [-0.15, -0.1) is 0 Å². The van der Waals surface area contributed by atoms with Gasteiger partial charge in [0, 0.05) is 24.5 Å². The van der Waals surface area contributed by atoms with Crippen LogP contribution >= 0.6 is 0 Å². The summed E-state index contributed by atoms with van der Waals surface area (Å²) in [5.74, 6) is 0. The first-order chi connectivity index (χ1) is 12.4. The van der Waals surface area contributed by atoms with Crippen molar-refractivity contribution in [1.82, 2.24) is 9.62 Å². The second kappa shape index (κ2) is 6.55. The Morgan fingerprint density at radius 3 is 2.46 bits per heavy atom. The van der Waals surface area contributed by atoms with E-state index in [9.17, 15) is 13.2 Å². The number of rotatable bonds is 3. The minimum absolute atomic E-state index is 0.0918. The fraction of sp³-hybridized carbons (Fsp3) is 0.421. The number of benzene rings is 2. The number of piperidine rings is 1. The van der Waals surface area contributed by atoms with E-state index < -0.39 is 10.0 Å². The van der Waals surface area contributed by atoms with Gasteiger partial charge < -0.3 is 10.2 Å². The molecule has 1 saturated heterocycles. The molecule has 0 unspecified atom stereocenters. The minimum atomic E-state index is -3.21. The maximum Gasteiger partial charge on any atom is 0.321 e. The lowest BCUT2D eigenvalue weighted by molar-refractivity contribution is 0.193. The monoisotopic (exact) mass is 373 g/mol. The molecule has 138 valence electrons. The van der Waals surface area contributed by atoms with Crippen LogP contribution < -0.4 is 10.0 Å². The van der Waals surface area contributed by atoms with E-state index in [1.807, 2.05) is 12.1 Å². The maximum atomic E-state index is 12.7. The summed E-state index contributed by atoms with van der Waals surface area (Å²) in [6, 6.07) is 10.1. The van der Waals surface area contributed by atoms with Gasteiger partial charge in [0.1, 0.15) is 0 Å². The Labute approximate surface area is 153 Å². The SMILES string of the molecule is CS(=O)(=O)NC1CCN(C(=O)Nc2ccc3c4c(cccc24)CC3)CC1. The number of aryl methyl sites for hydroxylation is 2. The third kappa shape index (κ3) is 3.41. The molecular formula is C19H23N3O3S. The van der Waals surface area contributed by atoms with Gasteiger partial charge >= 0.3 is 6.03 Å². The summed E-state index contributed by atoms with van der Waals surface area (Å²) >= 11 is 0.